The van der Waals surface area contributed by atoms with E-state index in [4.69, 9.17) is 0 Å². The first-order chi connectivity index (χ1) is 9.42. The van der Waals surface area contributed by atoms with Crippen molar-refractivity contribution in [2.45, 2.75) is 50.9 Å². The molecule has 2 unspecified atom stereocenters. The summed E-state index contributed by atoms with van der Waals surface area (Å²) in [5.74, 6) is 2.95. The lowest BCUT2D eigenvalue weighted by Gasteiger charge is -2.16. The lowest BCUT2D eigenvalue weighted by Crippen LogP contribution is -2.04. The lowest BCUT2D eigenvalue weighted by molar-refractivity contribution is 0.367. The molecule has 0 amide bonds. The highest BCUT2D eigenvalue weighted by atomic mass is 32.1. The van der Waals surface area contributed by atoms with Crippen LogP contribution in [0.2, 0.25) is 0 Å². The second kappa shape index (κ2) is 4.94. The zero-order valence-corrected chi connectivity index (χ0v) is 12.3. The summed E-state index contributed by atoms with van der Waals surface area (Å²) >= 11 is 1.89. The average molecular weight is 270 g/mol. The predicted octanol–water partition coefficient (Wildman–Crippen LogP) is 5.98. The molecular formula is C18H22S. The third-order valence-corrected chi connectivity index (χ3v) is 6.44. The van der Waals surface area contributed by atoms with Crippen LogP contribution in [0.5, 0.6) is 0 Å². The molecule has 0 N–H and O–H groups in total. The summed E-state index contributed by atoms with van der Waals surface area (Å²) < 4.78 is 1.47. The molecule has 19 heavy (non-hydrogen) atoms. The average Bonchev–Trinajstić information content (AvgIpc) is 3.04. The van der Waals surface area contributed by atoms with E-state index in [9.17, 15) is 0 Å². The fraction of sp³-hybridized carbons (Fsp3) is 0.556. The molecule has 1 heteroatoms. The van der Waals surface area contributed by atoms with Crippen LogP contribution in [-0.2, 0) is 0 Å². The normalized spacial score (nSPS) is 31.3. The van der Waals surface area contributed by atoms with Crippen LogP contribution in [0, 0.1) is 11.8 Å². The minimum absolute atomic E-state index is 0.823. The van der Waals surface area contributed by atoms with Crippen molar-refractivity contribution >= 4 is 21.4 Å². The maximum absolute atomic E-state index is 2.39. The molecule has 0 spiro atoms. The van der Waals surface area contributed by atoms with Gasteiger partial charge < -0.3 is 0 Å². The van der Waals surface area contributed by atoms with Crippen LogP contribution in [0.25, 0.3) is 10.1 Å². The fourth-order valence-corrected chi connectivity index (χ4v) is 5.35. The monoisotopic (exact) mass is 270 g/mol. The van der Waals surface area contributed by atoms with E-state index in [0.717, 1.165) is 17.8 Å². The van der Waals surface area contributed by atoms with Crippen molar-refractivity contribution in [3.63, 3.8) is 0 Å². The van der Waals surface area contributed by atoms with Crippen LogP contribution in [0.1, 0.15) is 56.4 Å². The number of thiophene rings is 1. The summed E-state index contributed by atoms with van der Waals surface area (Å²) in [6.45, 7) is 0. The molecule has 1 aromatic heterocycles. The molecule has 0 radical (unpaired) electrons. The van der Waals surface area contributed by atoms with Gasteiger partial charge in [-0.1, -0.05) is 31.4 Å². The van der Waals surface area contributed by atoms with Gasteiger partial charge in [0.2, 0.25) is 0 Å². The van der Waals surface area contributed by atoms with Crippen molar-refractivity contribution in [1.82, 2.24) is 0 Å². The Bertz CT molecular complexity index is 554. The third kappa shape index (κ3) is 2.12. The lowest BCUT2D eigenvalue weighted by atomic mass is 9.89. The second-order valence-electron chi connectivity index (χ2n) is 6.48. The van der Waals surface area contributed by atoms with Gasteiger partial charge in [-0.15, -0.1) is 11.3 Å². The molecule has 0 bridgehead atoms. The van der Waals surface area contributed by atoms with Crippen molar-refractivity contribution in [3.05, 3.63) is 35.2 Å². The molecule has 2 aliphatic rings. The SMILES string of the molecule is c1cc(C2CCC3CCCC3CC2)c2ccsc2c1. The number of rotatable bonds is 1. The smallest absolute Gasteiger partial charge is 0.0345 e. The summed E-state index contributed by atoms with van der Waals surface area (Å²) in [6.07, 6.45) is 10.3. The number of benzene rings is 1. The zero-order chi connectivity index (χ0) is 12.7. The molecule has 2 aliphatic carbocycles. The highest BCUT2D eigenvalue weighted by Gasteiger charge is 2.31. The predicted molar refractivity (Wildman–Crippen MR) is 83.9 cm³/mol. The first kappa shape index (κ1) is 12.0. The standard InChI is InChI=1S/C18H22S/c1-3-13-7-9-15(10-8-14(13)4-1)16-5-2-6-18-17(16)11-12-19-18/h2,5-6,11-15H,1,3-4,7-10H2. The second-order valence-corrected chi connectivity index (χ2v) is 7.43. The molecule has 2 atom stereocenters. The molecule has 2 saturated carbocycles. The van der Waals surface area contributed by atoms with Crippen molar-refractivity contribution < 1.29 is 0 Å². The van der Waals surface area contributed by atoms with E-state index in [1.165, 1.54) is 55.0 Å². The Morgan fingerprint density at radius 2 is 1.63 bits per heavy atom. The Labute approximate surface area is 119 Å². The van der Waals surface area contributed by atoms with Gasteiger partial charge in [-0.3, -0.25) is 0 Å². The van der Waals surface area contributed by atoms with Crippen molar-refractivity contribution in [2.24, 2.45) is 11.8 Å². The summed E-state index contributed by atoms with van der Waals surface area (Å²) in [6, 6.07) is 9.26. The molecule has 2 fully saturated rings. The Hall–Kier alpha value is -0.820. The van der Waals surface area contributed by atoms with Crippen LogP contribution in [0.4, 0.5) is 0 Å². The molecule has 0 saturated heterocycles. The van der Waals surface area contributed by atoms with Crippen molar-refractivity contribution in [1.29, 1.82) is 0 Å². The number of fused-ring (bicyclic) bond motifs is 2. The van der Waals surface area contributed by atoms with Crippen LogP contribution >= 0.6 is 11.3 Å². The van der Waals surface area contributed by atoms with Crippen LogP contribution < -0.4 is 0 Å². The van der Waals surface area contributed by atoms with E-state index in [1.807, 2.05) is 11.3 Å². The Morgan fingerprint density at radius 1 is 0.842 bits per heavy atom. The highest BCUT2D eigenvalue weighted by molar-refractivity contribution is 7.17. The summed E-state index contributed by atoms with van der Waals surface area (Å²) in [5.41, 5.74) is 1.64. The van der Waals surface area contributed by atoms with E-state index in [0.29, 0.717) is 0 Å². The molecule has 0 aliphatic heterocycles. The molecule has 2 aromatic rings. The minimum atomic E-state index is 0.823. The van der Waals surface area contributed by atoms with E-state index in [2.05, 4.69) is 29.6 Å². The van der Waals surface area contributed by atoms with Crippen molar-refractivity contribution in [2.75, 3.05) is 0 Å². The van der Waals surface area contributed by atoms with Gasteiger partial charge in [-0.25, -0.2) is 0 Å². The molecule has 1 heterocycles. The summed E-state index contributed by atoms with van der Waals surface area (Å²) in [7, 11) is 0. The van der Waals surface area contributed by atoms with Crippen LogP contribution in [-0.4, -0.2) is 0 Å². The van der Waals surface area contributed by atoms with E-state index < -0.39 is 0 Å². The Balaban J connectivity index is 1.63. The van der Waals surface area contributed by atoms with Gasteiger partial charge in [-0.05, 0) is 71.9 Å². The van der Waals surface area contributed by atoms with E-state index in [1.54, 1.807) is 5.56 Å². The van der Waals surface area contributed by atoms with Gasteiger partial charge in [0.15, 0.2) is 0 Å². The van der Waals surface area contributed by atoms with Crippen LogP contribution in [0.3, 0.4) is 0 Å². The van der Waals surface area contributed by atoms with Gasteiger partial charge in [0, 0.05) is 4.70 Å². The van der Waals surface area contributed by atoms with E-state index >= 15 is 0 Å². The molecule has 0 nitrogen and oxygen atoms in total. The van der Waals surface area contributed by atoms with E-state index in [-0.39, 0.29) is 0 Å². The molecule has 1 aromatic carbocycles. The first-order valence-corrected chi connectivity index (χ1v) is 8.76. The summed E-state index contributed by atoms with van der Waals surface area (Å²) in [5, 5.41) is 3.78. The van der Waals surface area contributed by atoms with Gasteiger partial charge >= 0.3 is 0 Å². The maximum atomic E-state index is 2.39. The van der Waals surface area contributed by atoms with Gasteiger partial charge in [0.25, 0.3) is 0 Å². The topological polar surface area (TPSA) is 0 Å². The third-order valence-electron chi connectivity index (χ3n) is 5.56. The van der Waals surface area contributed by atoms with Crippen molar-refractivity contribution in [3.8, 4) is 0 Å². The zero-order valence-electron chi connectivity index (χ0n) is 11.5. The quantitative estimate of drug-likeness (QED) is 0.598. The fourth-order valence-electron chi connectivity index (χ4n) is 4.53. The van der Waals surface area contributed by atoms with Gasteiger partial charge in [0.1, 0.15) is 0 Å². The number of hydrogen-bond acceptors (Lipinski definition) is 1. The molecule has 4 rings (SSSR count). The number of hydrogen-bond donors (Lipinski definition) is 0. The summed E-state index contributed by atoms with van der Waals surface area (Å²) in [4.78, 5) is 0. The first-order valence-electron chi connectivity index (χ1n) is 7.88. The minimum Gasteiger partial charge on any atom is -0.144 e. The Kier molecular flexibility index (Phi) is 3.11. The maximum Gasteiger partial charge on any atom is 0.0345 e. The highest BCUT2D eigenvalue weighted by Crippen LogP contribution is 2.46. The molecular weight excluding hydrogens is 248 g/mol. The van der Waals surface area contributed by atoms with Gasteiger partial charge in [0.05, 0.1) is 0 Å². The van der Waals surface area contributed by atoms with Gasteiger partial charge in [-0.2, -0.15) is 0 Å². The Morgan fingerprint density at radius 3 is 2.42 bits per heavy atom. The molecule has 100 valence electrons. The largest absolute Gasteiger partial charge is 0.144 e. The van der Waals surface area contributed by atoms with Crippen LogP contribution in [0.15, 0.2) is 29.6 Å².